The molecule has 0 aromatic carbocycles. The molecule has 0 aromatic heterocycles. The van der Waals surface area contributed by atoms with Gasteiger partial charge in [0.1, 0.15) is 0 Å². The van der Waals surface area contributed by atoms with Crippen LogP contribution in [-0.4, -0.2) is 24.1 Å². The van der Waals surface area contributed by atoms with Crippen LogP contribution >= 0.6 is 15.9 Å². The van der Waals surface area contributed by atoms with E-state index in [2.05, 4.69) is 15.9 Å². The molecule has 3 nitrogen and oxygen atoms in total. The highest BCUT2D eigenvalue weighted by molar-refractivity contribution is 9.12. The Bertz CT molecular complexity index is 309. The lowest BCUT2D eigenvalue weighted by atomic mass is 9.89. The van der Waals surface area contributed by atoms with Gasteiger partial charge in [-0.25, -0.2) is 8.42 Å². The highest BCUT2D eigenvalue weighted by atomic mass is 79.9. The van der Waals surface area contributed by atoms with Crippen LogP contribution in [0.1, 0.15) is 27.7 Å². The van der Waals surface area contributed by atoms with Gasteiger partial charge in [-0.15, -0.1) is 0 Å². The average Bonchev–Trinajstić information content (AvgIpc) is 1.81. The first-order valence-electron chi connectivity index (χ1n) is 3.84. The van der Waals surface area contributed by atoms with Crippen LogP contribution in [-0.2, 0) is 14.6 Å². The van der Waals surface area contributed by atoms with E-state index in [9.17, 15) is 13.2 Å². The molecule has 1 atom stereocenters. The van der Waals surface area contributed by atoms with Gasteiger partial charge in [0.25, 0.3) is 0 Å². The second-order valence-corrected chi connectivity index (χ2v) is 8.74. The summed E-state index contributed by atoms with van der Waals surface area (Å²) in [7, 11) is -3.42. The van der Waals surface area contributed by atoms with Crippen molar-refractivity contribution in [3.63, 3.8) is 0 Å². The second-order valence-electron chi connectivity index (χ2n) is 4.27. The predicted molar refractivity (Wildman–Crippen MR) is 56.6 cm³/mol. The molecular weight excluding hydrogens is 256 g/mol. The Morgan fingerprint density at radius 2 is 1.46 bits per heavy atom. The minimum atomic E-state index is -3.42. The number of halogens is 1. The summed E-state index contributed by atoms with van der Waals surface area (Å²) in [5.74, 6) is -0.331. The van der Waals surface area contributed by atoms with Crippen molar-refractivity contribution in [1.29, 1.82) is 0 Å². The van der Waals surface area contributed by atoms with Crippen LogP contribution < -0.4 is 0 Å². The van der Waals surface area contributed by atoms with Crippen LogP contribution in [0, 0.1) is 5.41 Å². The van der Waals surface area contributed by atoms with Gasteiger partial charge in [0.05, 0.1) is 0 Å². The molecule has 0 rings (SSSR count). The molecule has 0 bridgehead atoms. The zero-order valence-electron chi connectivity index (χ0n) is 8.51. The minimum Gasteiger partial charge on any atom is -0.296 e. The van der Waals surface area contributed by atoms with Gasteiger partial charge in [-0.3, -0.25) is 4.79 Å². The van der Waals surface area contributed by atoms with Crippen LogP contribution in [0.25, 0.3) is 0 Å². The summed E-state index contributed by atoms with van der Waals surface area (Å²) in [6.45, 7) is 6.45. The van der Waals surface area contributed by atoms with E-state index < -0.39 is 18.9 Å². The molecule has 0 N–H and O–H groups in total. The number of ketones is 1. The van der Waals surface area contributed by atoms with E-state index in [1.54, 1.807) is 20.8 Å². The fourth-order valence-electron chi connectivity index (χ4n) is 0.838. The monoisotopic (exact) mass is 270 g/mol. The lowest BCUT2D eigenvalue weighted by Crippen LogP contribution is -2.43. The van der Waals surface area contributed by atoms with Crippen LogP contribution in [0.5, 0.6) is 0 Å². The fourth-order valence-corrected chi connectivity index (χ4v) is 2.08. The number of alkyl halides is 1. The largest absolute Gasteiger partial charge is 0.296 e. The van der Waals surface area contributed by atoms with Crippen molar-refractivity contribution < 1.29 is 13.2 Å². The highest BCUT2D eigenvalue weighted by Gasteiger charge is 2.45. The number of sulfone groups is 1. The van der Waals surface area contributed by atoms with Gasteiger partial charge in [-0.2, -0.15) is 0 Å². The van der Waals surface area contributed by atoms with E-state index in [1.165, 1.54) is 6.92 Å². The first kappa shape index (κ1) is 13.1. The van der Waals surface area contributed by atoms with Crippen LogP contribution in [0.4, 0.5) is 0 Å². The molecule has 78 valence electrons. The molecule has 0 saturated heterocycles. The van der Waals surface area contributed by atoms with E-state index in [1.807, 2.05) is 0 Å². The summed E-state index contributed by atoms with van der Waals surface area (Å²) >= 11 is 2.97. The maximum Gasteiger partial charge on any atom is 0.182 e. The summed E-state index contributed by atoms with van der Waals surface area (Å²) in [5.41, 5.74) is -0.665. The Labute approximate surface area is 87.9 Å². The molecule has 0 fully saturated rings. The summed E-state index contributed by atoms with van der Waals surface area (Å²) in [4.78, 5) is 11.7. The molecule has 13 heavy (non-hydrogen) atoms. The third kappa shape index (κ3) is 2.77. The number of carbonyl (C=O) groups is 1. The first-order valence-corrected chi connectivity index (χ1v) is 6.52. The number of rotatable bonds is 2. The van der Waals surface area contributed by atoms with Gasteiger partial charge >= 0.3 is 0 Å². The SMILES string of the molecule is CC(C)(C)C(=O)[C@](C)(Br)S(C)(=O)=O. The van der Waals surface area contributed by atoms with Gasteiger partial charge in [0.15, 0.2) is 19.3 Å². The standard InChI is InChI=1S/C8H15BrO3S/c1-7(2,3)6(10)8(4,9)13(5,11)12/h1-5H3/t8-/m1/s1. The number of hydrogen-bond donors (Lipinski definition) is 0. The van der Waals surface area contributed by atoms with Gasteiger partial charge in [-0.05, 0) is 6.92 Å². The third-order valence-corrected chi connectivity index (χ3v) is 5.49. The smallest absolute Gasteiger partial charge is 0.182 e. The quantitative estimate of drug-likeness (QED) is 0.719. The lowest BCUT2D eigenvalue weighted by molar-refractivity contribution is -0.126. The van der Waals surface area contributed by atoms with E-state index in [0.717, 1.165) is 6.26 Å². The highest BCUT2D eigenvalue weighted by Crippen LogP contribution is 2.33. The minimum absolute atomic E-state index is 0.331. The van der Waals surface area contributed by atoms with Gasteiger partial charge < -0.3 is 0 Å². The Kier molecular flexibility index (Phi) is 3.37. The van der Waals surface area contributed by atoms with E-state index in [4.69, 9.17) is 0 Å². The van der Waals surface area contributed by atoms with Gasteiger partial charge in [0, 0.05) is 11.7 Å². The maximum absolute atomic E-state index is 11.7. The van der Waals surface area contributed by atoms with Crippen LogP contribution in [0.15, 0.2) is 0 Å². The molecule has 0 radical (unpaired) electrons. The van der Waals surface area contributed by atoms with Crippen molar-refractivity contribution in [1.82, 2.24) is 0 Å². The van der Waals surface area contributed by atoms with Crippen molar-refractivity contribution in [2.45, 2.75) is 31.4 Å². The topological polar surface area (TPSA) is 51.2 Å². The first-order chi connectivity index (χ1) is 5.40. The van der Waals surface area contributed by atoms with Crippen molar-refractivity contribution in [2.24, 2.45) is 5.41 Å². The number of carbonyl (C=O) groups excluding carboxylic acids is 1. The lowest BCUT2D eigenvalue weighted by Gasteiger charge is -2.27. The molecule has 0 aliphatic carbocycles. The molecule has 0 aliphatic rings. The molecule has 0 heterocycles. The molecule has 0 spiro atoms. The molecule has 0 aromatic rings. The summed E-state index contributed by atoms with van der Waals surface area (Å²) in [6, 6.07) is 0. The van der Waals surface area contributed by atoms with Crippen LogP contribution in [0.2, 0.25) is 0 Å². The molecule has 0 aliphatic heterocycles. The van der Waals surface area contributed by atoms with Crippen LogP contribution in [0.3, 0.4) is 0 Å². The van der Waals surface area contributed by atoms with E-state index >= 15 is 0 Å². The summed E-state index contributed by atoms with van der Waals surface area (Å²) in [6.07, 6.45) is 1.05. The average molecular weight is 271 g/mol. The van der Waals surface area contributed by atoms with E-state index in [-0.39, 0.29) is 5.78 Å². The zero-order chi connectivity index (χ0) is 11.1. The Morgan fingerprint density at radius 1 is 1.15 bits per heavy atom. The molecular formula is C8H15BrO3S. The Morgan fingerprint density at radius 3 is 1.54 bits per heavy atom. The van der Waals surface area contributed by atoms with Gasteiger partial charge in [-0.1, -0.05) is 36.7 Å². The van der Waals surface area contributed by atoms with Crippen molar-refractivity contribution in [2.75, 3.05) is 6.26 Å². The normalized spacial score (nSPS) is 18.0. The third-order valence-electron chi connectivity index (χ3n) is 1.78. The summed E-state index contributed by atoms with van der Waals surface area (Å²) in [5, 5.41) is 0. The maximum atomic E-state index is 11.7. The predicted octanol–water partition coefficient (Wildman–Crippen LogP) is 1.76. The van der Waals surface area contributed by atoms with Crippen molar-refractivity contribution in [3.8, 4) is 0 Å². The van der Waals surface area contributed by atoms with Crippen molar-refractivity contribution in [3.05, 3.63) is 0 Å². The molecule has 0 saturated carbocycles. The Hall–Kier alpha value is 0.1000. The Balaban J connectivity index is 5.23. The summed E-state index contributed by atoms with van der Waals surface area (Å²) < 4.78 is 21.1. The van der Waals surface area contributed by atoms with E-state index in [0.29, 0.717) is 0 Å². The fraction of sp³-hybridized carbons (Fsp3) is 0.875. The van der Waals surface area contributed by atoms with Crippen molar-refractivity contribution >= 4 is 31.6 Å². The molecule has 0 unspecified atom stereocenters. The second kappa shape index (κ2) is 3.35. The van der Waals surface area contributed by atoms with Gasteiger partial charge in [0.2, 0.25) is 0 Å². The zero-order valence-corrected chi connectivity index (χ0v) is 10.9. The molecule has 0 amide bonds. The molecule has 5 heteroatoms. The number of Topliss-reactive ketones (excluding diaryl/α,β-unsaturated/α-hetero) is 1. The number of hydrogen-bond acceptors (Lipinski definition) is 3.